The molecule has 7 nitrogen and oxygen atoms in total. The van der Waals surface area contributed by atoms with E-state index in [0.717, 1.165) is 40.6 Å². The first kappa shape index (κ1) is 18.8. The second-order valence-corrected chi connectivity index (χ2v) is 6.94. The molecule has 0 saturated carbocycles. The average molecular weight is 382 g/mol. The fraction of sp³-hybridized carbons (Fsp3) is 0.476. The number of nitrogens with zero attached hydrogens (tertiary/aromatic N) is 4. The molecule has 4 rings (SSSR count). The Hall–Kier alpha value is -2.51. The molecule has 0 bridgehead atoms. The van der Waals surface area contributed by atoms with Gasteiger partial charge >= 0.3 is 0 Å². The van der Waals surface area contributed by atoms with Crippen molar-refractivity contribution in [3.8, 4) is 0 Å². The van der Waals surface area contributed by atoms with E-state index in [1.165, 1.54) is 0 Å². The lowest BCUT2D eigenvalue weighted by Gasteiger charge is -2.26. The van der Waals surface area contributed by atoms with Crippen molar-refractivity contribution in [2.45, 2.75) is 32.9 Å². The van der Waals surface area contributed by atoms with Crippen molar-refractivity contribution in [3.63, 3.8) is 0 Å². The summed E-state index contributed by atoms with van der Waals surface area (Å²) < 4.78 is 13.1. The Morgan fingerprint density at radius 3 is 2.89 bits per heavy atom. The van der Waals surface area contributed by atoms with E-state index in [0.29, 0.717) is 45.9 Å². The number of carbonyl (C=O) groups is 1. The molecule has 148 valence electrons. The Labute approximate surface area is 164 Å². The van der Waals surface area contributed by atoms with Crippen molar-refractivity contribution in [1.82, 2.24) is 19.4 Å². The van der Waals surface area contributed by atoms with Crippen LogP contribution in [0.2, 0.25) is 0 Å². The predicted molar refractivity (Wildman–Crippen MR) is 107 cm³/mol. The van der Waals surface area contributed by atoms with Crippen LogP contribution in [0.5, 0.6) is 0 Å². The maximum absolute atomic E-state index is 12.4. The number of fused-ring (bicyclic) bond motifs is 3. The lowest BCUT2D eigenvalue weighted by molar-refractivity contribution is -0.135. The molecule has 0 radical (unpaired) electrons. The summed E-state index contributed by atoms with van der Waals surface area (Å²) in [5.41, 5.74) is 3.75. The van der Waals surface area contributed by atoms with Gasteiger partial charge in [0.2, 0.25) is 5.91 Å². The zero-order chi connectivity index (χ0) is 19.3. The van der Waals surface area contributed by atoms with Crippen LogP contribution in [-0.2, 0) is 27.4 Å². The summed E-state index contributed by atoms with van der Waals surface area (Å²) in [5, 5.41) is 1.08. The molecule has 0 spiro atoms. The Bertz CT molecular complexity index is 963. The Balaban J connectivity index is 1.55. The summed E-state index contributed by atoms with van der Waals surface area (Å²) in [6, 6.07) is 8.11. The van der Waals surface area contributed by atoms with Gasteiger partial charge in [-0.3, -0.25) is 4.79 Å². The van der Waals surface area contributed by atoms with Crippen LogP contribution in [0.1, 0.15) is 25.5 Å². The Kier molecular flexibility index (Phi) is 5.83. The quantitative estimate of drug-likeness (QED) is 0.628. The third kappa shape index (κ3) is 3.86. The monoisotopic (exact) mass is 382 g/mol. The van der Waals surface area contributed by atoms with Crippen molar-refractivity contribution in [1.29, 1.82) is 0 Å². The zero-order valence-electron chi connectivity index (χ0n) is 16.3. The van der Waals surface area contributed by atoms with Crippen molar-refractivity contribution in [3.05, 3.63) is 36.3 Å². The SMILES string of the molecule is CCOCc1nc2ccccc2c2c1ncn2CCCC(=O)N1CCOCC1. The minimum absolute atomic E-state index is 0.205. The van der Waals surface area contributed by atoms with Crippen LogP contribution in [0.4, 0.5) is 0 Å². The fourth-order valence-electron chi connectivity index (χ4n) is 3.69. The van der Waals surface area contributed by atoms with E-state index < -0.39 is 0 Å². The first-order valence-corrected chi connectivity index (χ1v) is 9.93. The van der Waals surface area contributed by atoms with Gasteiger partial charge in [-0.1, -0.05) is 18.2 Å². The van der Waals surface area contributed by atoms with Crippen molar-refractivity contribution in [2.24, 2.45) is 0 Å². The number of morpholine rings is 1. The summed E-state index contributed by atoms with van der Waals surface area (Å²) in [6.07, 6.45) is 3.17. The summed E-state index contributed by atoms with van der Waals surface area (Å²) in [6.45, 7) is 6.48. The molecule has 1 saturated heterocycles. The van der Waals surface area contributed by atoms with Gasteiger partial charge in [0, 0.05) is 38.0 Å². The number of para-hydroxylation sites is 1. The molecule has 0 unspecified atom stereocenters. The Morgan fingerprint density at radius 1 is 1.25 bits per heavy atom. The summed E-state index contributed by atoms with van der Waals surface area (Å²) >= 11 is 0. The van der Waals surface area contributed by atoms with E-state index in [1.54, 1.807) is 0 Å². The molecule has 2 aromatic heterocycles. The van der Waals surface area contributed by atoms with Crippen LogP contribution in [0.15, 0.2) is 30.6 Å². The Morgan fingerprint density at radius 2 is 2.07 bits per heavy atom. The molecule has 1 aliphatic heterocycles. The van der Waals surface area contributed by atoms with E-state index in [2.05, 4.69) is 15.6 Å². The summed E-state index contributed by atoms with van der Waals surface area (Å²) in [5.74, 6) is 0.205. The highest BCUT2D eigenvalue weighted by Gasteiger charge is 2.17. The van der Waals surface area contributed by atoms with Gasteiger partial charge in [0.05, 0.1) is 42.9 Å². The van der Waals surface area contributed by atoms with Crippen molar-refractivity contribution in [2.75, 3.05) is 32.9 Å². The predicted octanol–water partition coefficient (Wildman–Crippen LogP) is 2.76. The number of imidazole rings is 1. The summed E-state index contributed by atoms with van der Waals surface area (Å²) in [7, 11) is 0. The van der Waals surface area contributed by atoms with Crippen LogP contribution >= 0.6 is 0 Å². The van der Waals surface area contributed by atoms with E-state index in [9.17, 15) is 4.79 Å². The maximum Gasteiger partial charge on any atom is 0.222 e. The largest absolute Gasteiger partial charge is 0.378 e. The van der Waals surface area contributed by atoms with E-state index in [-0.39, 0.29) is 5.91 Å². The van der Waals surface area contributed by atoms with Crippen LogP contribution in [0.3, 0.4) is 0 Å². The van der Waals surface area contributed by atoms with Gasteiger partial charge in [0.1, 0.15) is 5.52 Å². The molecule has 1 amide bonds. The minimum atomic E-state index is 0.205. The molecule has 0 aliphatic carbocycles. The second kappa shape index (κ2) is 8.67. The number of hydrogen-bond donors (Lipinski definition) is 0. The third-order valence-electron chi connectivity index (χ3n) is 5.12. The van der Waals surface area contributed by atoms with Gasteiger partial charge < -0.3 is 18.9 Å². The molecule has 7 heteroatoms. The number of ether oxygens (including phenoxy) is 2. The molecule has 1 fully saturated rings. The molecular weight excluding hydrogens is 356 g/mol. The van der Waals surface area contributed by atoms with Crippen LogP contribution in [0.25, 0.3) is 21.9 Å². The first-order chi connectivity index (χ1) is 13.8. The van der Waals surface area contributed by atoms with Gasteiger partial charge in [-0.2, -0.15) is 0 Å². The van der Waals surface area contributed by atoms with Crippen molar-refractivity contribution < 1.29 is 14.3 Å². The lowest BCUT2D eigenvalue weighted by atomic mass is 10.1. The van der Waals surface area contributed by atoms with E-state index in [1.807, 2.05) is 36.4 Å². The zero-order valence-corrected chi connectivity index (χ0v) is 16.3. The third-order valence-corrected chi connectivity index (χ3v) is 5.12. The van der Waals surface area contributed by atoms with Crippen LogP contribution < -0.4 is 0 Å². The molecule has 3 heterocycles. The van der Waals surface area contributed by atoms with Gasteiger partial charge in [0.25, 0.3) is 0 Å². The second-order valence-electron chi connectivity index (χ2n) is 6.94. The van der Waals surface area contributed by atoms with E-state index in [4.69, 9.17) is 14.5 Å². The molecule has 1 aliphatic rings. The molecule has 0 N–H and O–H groups in total. The number of hydrogen-bond acceptors (Lipinski definition) is 5. The van der Waals surface area contributed by atoms with Crippen LogP contribution in [0, 0.1) is 0 Å². The van der Waals surface area contributed by atoms with Gasteiger partial charge in [-0.25, -0.2) is 9.97 Å². The smallest absolute Gasteiger partial charge is 0.222 e. The standard InChI is InChI=1S/C21H26N4O3/c1-2-27-14-18-20-21(16-6-3-4-7-17(16)23-18)25(15-22-20)9-5-8-19(26)24-10-12-28-13-11-24/h3-4,6-7,15H,2,5,8-14H2,1H3. The highest BCUT2D eigenvalue weighted by atomic mass is 16.5. The number of rotatable bonds is 7. The van der Waals surface area contributed by atoms with E-state index >= 15 is 0 Å². The normalized spacial score (nSPS) is 14.8. The van der Waals surface area contributed by atoms with Gasteiger partial charge in [-0.05, 0) is 19.4 Å². The first-order valence-electron chi connectivity index (χ1n) is 9.93. The van der Waals surface area contributed by atoms with Gasteiger partial charge in [0.15, 0.2) is 0 Å². The summed E-state index contributed by atoms with van der Waals surface area (Å²) in [4.78, 5) is 23.7. The highest BCUT2D eigenvalue weighted by molar-refractivity contribution is 6.03. The number of pyridine rings is 1. The van der Waals surface area contributed by atoms with Crippen LogP contribution in [-0.4, -0.2) is 58.3 Å². The number of aryl methyl sites for hydroxylation is 1. The average Bonchev–Trinajstić information content (AvgIpc) is 3.17. The highest BCUT2D eigenvalue weighted by Crippen LogP contribution is 2.26. The topological polar surface area (TPSA) is 69.5 Å². The molecular formula is C21H26N4O3. The van der Waals surface area contributed by atoms with Gasteiger partial charge in [-0.15, -0.1) is 0 Å². The number of carbonyl (C=O) groups excluding carboxylic acids is 1. The number of amides is 1. The maximum atomic E-state index is 12.4. The molecule has 3 aromatic rings. The number of aromatic nitrogens is 3. The fourth-order valence-corrected chi connectivity index (χ4v) is 3.69. The van der Waals surface area contributed by atoms with Crippen molar-refractivity contribution >= 4 is 27.8 Å². The number of benzene rings is 1. The molecule has 28 heavy (non-hydrogen) atoms. The lowest BCUT2D eigenvalue weighted by Crippen LogP contribution is -2.40. The molecule has 0 atom stereocenters. The minimum Gasteiger partial charge on any atom is -0.378 e. The molecule has 1 aromatic carbocycles.